The summed E-state index contributed by atoms with van der Waals surface area (Å²) < 4.78 is 10.5. The summed E-state index contributed by atoms with van der Waals surface area (Å²) in [7, 11) is 0. The molecule has 1 aromatic heterocycles. The summed E-state index contributed by atoms with van der Waals surface area (Å²) in [6.07, 6.45) is 0.819. The highest BCUT2D eigenvalue weighted by Crippen LogP contribution is 2.29. The van der Waals surface area contributed by atoms with E-state index in [4.69, 9.17) is 14.6 Å². The Balaban J connectivity index is 2.62. The molecule has 0 spiro atoms. The summed E-state index contributed by atoms with van der Waals surface area (Å²) in [6.45, 7) is 5.39. The molecule has 0 aliphatic carbocycles. The number of rotatable bonds is 7. The third-order valence-corrected chi connectivity index (χ3v) is 3.23. The van der Waals surface area contributed by atoms with Gasteiger partial charge in [-0.05, 0) is 19.4 Å². The standard InChI is InChI=1S/C11H16O4S/c1-3-8-7-9(10(16-8)11(12)13)15-6-5-14-4-2/h7H,3-6H2,1-2H3,(H,12,13). The largest absolute Gasteiger partial charge is 0.489 e. The Morgan fingerprint density at radius 2 is 2.19 bits per heavy atom. The number of aromatic carboxylic acids is 1. The predicted molar refractivity (Wildman–Crippen MR) is 62.6 cm³/mol. The first-order chi connectivity index (χ1) is 7.69. The SMILES string of the molecule is CCOCCOc1cc(CC)sc1C(=O)O. The number of carboxylic acids is 1. The van der Waals surface area contributed by atoms with Crippen molar-refractivity contribution in [2.75, 3.05) is 19.8 Å². The van der Waals surface area contributed by atoms with Gasteiger partial charge in [0.1, 0.15) is 12.4 Å². The zero-order chi connectivity index (χ0) is 12.0. The van der Waals surface area contributed by atoms with Crippen molar-refractivity contribution >= 4 is 17.3 Å². The first kappa shape index (κ1) is 13.0. The van der Waals surface area contributed by atoms with Crippen molar-refractivity contribution in [1.29, 1.82) is 0 Å². The maximum atomic E-state index is 10.9. The van der Waals surface area contributed by atoms with E-state index >= 15 is 0 Å². The summed E-state index contributed by atoms with van der Waals surface area (Å²) >= 11 is 1.27. The summed E-state index contributed by atoms with van der Waals surface area (Å²) in [5, 5.41) is 8.98. The molecule has 5 heteroatoms. The van der Waals surface area contributed by atoms with Gasteiger partial charge >= 0.3 is 5.97 Å². The molecular weight excluding hydrogens is 228 g/mol. The second-order valence-corrected chi connectivity index (χ2v) is 4.25. The Morgan fingerprint density at radius 1 is 1.44 bits per heavy atom. The van der Waals surface area contributed by atoms with Crippen molar-refractivity contribution in [3.63, 3.8) is 0 Å². The first-order valence-electron chi connectivity index (χ1n) is 5.25. The zero-order valence-corrected chi connectivity index (χ0v) is 10.3. The van der Waals surface area contributed by atoms with E-state index in [0.29, 0.717) is 25.6 Å². The Hall–Kier alpha value is -1.07. The number of hydrogen-bond donors (Lipinski definition) is 1. The van der Waals surface area contributed by atoms with Crippen LogP contribution in [0.25, 0.3) is 0 Å². The molecule has 0 bridgehead atoms. The van der Waals surface area contributed by atoms with Crippen molar-refractivity contribution in [2.24, 2.45) is 0 Å². The van der Waals surface area contributed by atoms with Gasteiger partial charge in [0.15, 0.2) is 4.88 Å². The van der Waals surface area contributed by atoms with Crippen LogP contribution in [0.4, 0.5) is 0 Å². The van der Waals surface area contributed by atoms with Crippen LogP contribution in [0.5, 0.6) is 5.75 Å². The molecular formula is C11H16O4S. The molecule has 0 radical (unpaired) electrons. The highest BCUT2D eigenvalue weighted by Gasteiger charge is 2.15. The van der Waals surface area contributed by atoms with Crippen LogP contribution in [0, 0.1) is 0 Å². The van der Waals surface area contributed by atoms with Gasteiger partial charge in [0.05, 0.1) is 6.61 Å². The van der Waals surface area contributed by atoms with Gasteiger partial charge in [-0.2, -0.15) is 0 Å². The van der Waals surface area contributed by atoms with Gasteiger partial charge in [-0.3, -0.25) is 0 Å². The van der Waals surface area contributed by atoms with E-state index in [1.807, 2.05) is 13.8 Å². The van der Waals surface area contributed by atoms with Crippen LogP contribution in [0.2, 0.25) is 0 Å². The minimum atomic E-state index is -0.934. The Bertz CT molecular complexity index is 346. The molecule has 1 rings (SSSR count). The summed E-state index contributed by atoms with van der Waals surface area (Å²) in [4.78, 5) is 12.2. The van der Waals surface area contributed by atoms with E-state index in [-0.39, 0.29) is 4.88 Å². The molecule has 1 heterocycles. The molecule has 0 atom stereocenters. The molecule has 0 aromatic carbocycles. The normalized spacial score (nSPS) is 10.4. The molecule has 1 N–H and O–H groups in total. The molecule has 0 unspecified atom stereocenters. The van der Waals surface area contributed by atoms with Crippen molar-refractivity contribution in [1.82, 2.24) is 0 Å². The lowest BCUT2D eigenvalue weighted by molar-refractivity contribution is 0.0693. The molecule has 0 saturated heterocycles. The van der Waals surface area contributed by atoms with E-state index in [9.17, 15) is 4.79 Å². The highest BCUT2D eigenvalue weighted by atomic mass is 32.1. The fourth-order valence-electron chi connectivity index (χ4n) is 1.21. The lowest BCUT2D eigenvalue weighted by Crippen LogP contribution is -2.07. The van der Waals surface area contributed by atoms with Gasteiger partial charge in [-0.15, -0.1) is 11.3 Å². The predicted octanol–water partition coefficient (Wildman–Crippen LogP) is 2.42. The first-order valence-corrected chi connectivity index (χ1v) is 6.07. The molecule has 0 aliphatic rings. The minimum absolute atomic E-state index is 0.272. The number of thiophene rings is 1. The van der Waals surface area contributed by atoms with Crippen LogP contribution in [-0.4, -0.2) is 30.9 Å². The third kappa shape index (κ3) is 3.50. The molecule has 0 amide bonds. The maximum absolute atomic E-state index is 10.9. The van der Waals surface area contributed by atoms with Crippen molar-refractivity contribution in [2.45, 2.75) is 20.3 Å². The molecule has 4 nitrogen and oxygen atoms in total. The second kappa shape index (κ2) is 6.50. The van der Waals surface area contributed by atoms with E-state index in [1.165, 1.54) is 11.3 Å². The van der Waals surface area contributed by atoms with Gasteiger partial charge in [-0.25, -0.2) is 4.79 Å². The van der Waals surface area contributed by atoms with Crippen molar-refractivity contribution in [3.05, 3.63) is 15.8 Å². The van der Waals surface area contributed by atoms with Crippen LogP contribution >= 0.6 is 11.3 Å². The molecule has 16 heavy (non-hydrogen) atoms. The van der Waals surface area contributed by atoms with Crippen molar-refractivity contribution in [3.8, 4) is 5.75 Å². The Morgan fingerprint density at radius 3 is 2.75 bits per heavy atom. The van der Waals surface area contributed by atoms with E-state index in [0.717, 1.165) is 11.3 Å². The average molecular weight is 244 g/mol. The molecule has 0 fully saturated rings. The Labute approximate surface area is 98.8 Å². The second-order valence-electron chi connectivity index (χ2n) is 3.11. The number of ether oxygens (including phenoxy) is 2. The number of hydrogen-bond acceptors (Lipinski definition) is 4. The summed E-state index contributed by atoms with van der Waals surface area (Å²) in [5.74, 6) is -0.481. The summed E-state index contributed by atoms with van der Waals surface area (Å²) in [6, 6.07) is 1.79. The van der Waals surface area contributed by atoms with E-state index in [1.54, 1.807) is 6.07 Å². The quantitative estimate of drug-likeness (QED) is 0.748. The number of carboxylic acid groups (broad SMARTS) is 1. The monoisotopic (exact) mass is 244 g/mol. The van der Waals surface area contributed by atoms with Crippen molar-refractivity contribution < 1.29 is 19.4 Å². The molecule has 0 aliphatic heterocycles. The third-order valence-electron chi connectivity index (χ3n) is 1.98. The average Bonchev–Trinajstić information content (AvgIpc) is 2.68. The smallest absolute Gasteiger partial charge is 0.349 e. The lowest BCUT2D eigenvalue weighted by atomic mass is 10.3. The summed E-state index contributed by atoms with van der Waals surface area (Å²) in [5.41, 5.74) is 0. The fourth-order valence-corrected chi connectivity index (χ4v) is 2.09. The maximum Gasteiger partial charge on any atom is 0.349 e. The van der Waals surface area contributed by atoms with Gasteiger partial charge in [0.2, 0.25) is 0 Å². The number of aryl methyl sites for hydroxylation is 1. The van der Waals surface area contributed by atoms with Crippen LogP contribution < -0.4 is 4.74 Å². The van der Waals surface area contributed by atoms with Crippen LogP contribution in [0.15, 0.2) is 6.07 Å². The van der Waals surface area contributed by atoms with Gasteiger partial charge in [-0.1, -0.05) is 6.92 Å². The Kier molecular flexibility index (Phi) is 5.28. The van der Waals surface area contributed by atoms with Gasteiger partial charge in [0.25, 0.3) is 0 Å². The van der Waals surface area contributed by atoms with Gasteiger partial charge in [0, 0.05) is 11.5 Å². The van der Waals surface area contributed by atoms with Crippen LogP contribution in [0.3, 0.4) is 0 Å². The van der Waals surface area contributed by atoms with Crippen LogP contribution in [0.1, 0.15) is 28.4 Å². The van der Waals surface area contributed by atoms with Gasteiger partial charge < -0.3 is 14.6 Å². The molecule has 90 valence electrons. The highest BCUT2D eigenvalue weighted by molar-refractivity contribution is 7.14. The molecule has 0 saturated carbocycles. The van der Waals surface area contributed by atoms with E-state index < -0.39 is 5.97 Å². The van der Waals surface area contributed by atoms with E-state index in [2.05, 4.69) is 0 Å². The van der Waals surface area contributed by atoms with Crippen LogP contribution in [-0.2, 0) is 11.2 Å². The topological polar surface area (TPSA) is 55.8 Å². The fraction of sp³-hybridized carbons (Fsp3) is 0.545. The zero-order valence-electron chi connectivity index (χ0n) is 9.49. The minimum Gasteiger partial charge on any atom is -0.489 e. The molecule has 1 aromatic rings. The number of carbonyl (C=O) groups is 1. The lowest BCUT2D eigenvalue weighted by Gasteiger charge is -2.04.